The molecule has 4 rings (SSSR count). The molecule has 1 aliphatic rings. The average molecular weight is 420 g/mol. The van der Waals surface area contributed by atoms with E-state index in [1.165, 1.54) is 55.0 Å². The maximum atomic E-state index is 12.0. The Morgan fingerprint density at radius 3 is 2.65 bits per heavy atom. The van der Waals surface area contributed by atoms with Gasteiger partial charge in [-0.1, -0.05) is 24.3 Å². The van der Waals surface area contributed by atoms with Gasteiger partial charge in [0.2, 0.25) is 0 Å². The van der Waals surface area contributed by atoms with Crippen LogP contribution in [0.15, 0.2) is 42.7 Å². The summed E-state index contributed by atoms with van der Waals surface area (Å²) < 4.78 is 12.8. The van der Waals surface area contributed by atoms with Gasteiger partial charge in [-0.25, -0.2) is 0 Å². The molecule has 0 aliphatic heterocycles. The number of hydrogen-bond donors (Lipinski definition) is 0. The van der Waals surface area contributed by atoms with Crippen LogP contribution in [0.4, 0.5) is 0 Å². The Kier molecular flexibility index (Phi) is 6.35. The number of methoxy groups -OCH3 is 1. The Morgan fingerprint density at radius 1 is 1.16 bits per heavy atom. The van der Waals surface area contributed by atoms with Gasteiger partial charge < -0.3 is 14.0 Å². The van der Waals surface area contributed by atoms with E-state index < -0.39 is 0 Å². The molecule has 162 valence electrons. The number of benzene rings is 2. The van der Waals surface area contributed by atoms with E-state index in [9.17, 15) is 4.79 Å². The number of rotatable bonds is 7. The summed E-state index contributed by atoms with van der Waals surface area (Å²) in [6, 6.07) is 12.4. The summed E-state index contributed by atoms with van der Waals surface area (Å²) in [6.07, 6.45) is 6.78. The quantitative estimate of drug-likeness (QED) is 0.535. The van der Waals surface area contributed by atoms with Crippen molar-refractivity contribution in [2.24, 2.45) is 7.05 Å². The lowest BCUT2D eigenvalue weighted by Gasteiger charge is -2.20. The predicted molar refractivity (Wildman–Crippen MR) is 118 cm³/mol. The number of fused-ring (bicyclic) bond motifs is 1. The van der Waals surface area contributed by atoms with Gasteiger partial charge in [0.15, 0.2) is 0 Å². The molecule has 1 aromatic heterocycles. The van der Waals surface area contributed by atoms with E-state index in [1.807, 2.05) is 35.9 Å². The van der Waals surface area contributed by atoms with Crippen LogP contribution in [0.2, 0.25) is 0 Å². The van der Waals surface area contributed by atoms with Gasteiger partial charge in [0, 0.05) is 7.05 Å². The third-order valence-corrected chi connectivity index (χ3v) is 6.09. The first-order valence-electron chi connectivity index (χ1n) is 10.8. The smallest absolute Gasteiger partial charge is 0.306 e. The fourth-order valence-corrected chi connectivity index (χ4v) is 4.43. The molecule has 1 aliphatic carbocycles. The molecule has 0 saturated carbocycles. The van der Waals surface area contributed by atoms with Crippen LogP contribution < -0.4 is 4.74 Å². The van der Waals surface area contributed by atoms with E-state index in [2.05, 4.69) is 29.3 Å². The normalized spacial score (nSPS) is 14.0. The molecule has 6 nitrogen and oxygen atoms in total. The average Bonchev–Trinajstić information content (AvgIpc) is 3.22. The molecule has 0 fully saturated rings. The summed E-state index contributed by atoms with van der Waals surface area (Å²) in [4.78, 5) is 12.0. The maximum Gasteiger partial charge on any atom is 0.306 e. The Balaban J connectivity index is 1.48. The number of nitrogens with zero attached hydrogens (tertiary/aromatic N) is 3. The number of carbonyl (C=O) groups excluding carboxylic acids is 1. The first-order valence-corrected chi connectivity index (χ1v) is 10.8. The van der Waals surface area contributed by atoms with E-state index >= 15 is 0 Å². The van der Waals surface area contributed by atoms with E-state index in [-0.39, 0.29) is 18.3 Å². The van der Waals surface area contributed by atoms with E-state index in [0.717, 1.165) is 17.1 Å². The summed E-state index contributed by atoms with van der Waals surface area (Å²) in [7, 11) is 3.27. The molecule has 1 atom stereocenters. The topological polar surface area (TPSA) is 66.2 Å². The molecule has 0 N–H and O–H groups in total. The zero-order valence-electron chi connectivity index (χ0n) is 18.4. The van der Waals surface area contributed by atoms with Gasteiger partial charge >= 0.3 is 5.97 Å². The lowest BCUT2D eigenvalue weighted by molar-refractivity contribution is -0.140. The first kappa shape index (κ1) is 21.1. The summed E-state index contributed by atoms with van der Waals surface area (Å²) >= 11 is 0. The molecule has 0 saturated heterocycles. The molecule has 2 aromatic carbocycles. The van der Waals surface area contributed by atoms with Crippen LogP contribution in [0.3, 0.4) is 0 Å². The van der Waals surface area contributed by atoms with Crippen LogP contribution in [0.5, 0.6) is 5.75 Å². The summed E-state index contributed by atoms with van der Waals surface area (Å²) in [5.74, 6) is 1.02. The van der Waals surface area contributed by atoms with Gasteiger partial charge in [-0.15, -0.1) is 10.2 Å². The molecular weight excluding hydrogens is 390 g/mol. The van der Waals surface area contributed by atoms with Gasteiger partial charge in [0.25, 0.3) is 0 Å². The number of carbonyl (C=O) groups is 1. The number of aromatic nitrogens is 3. The lowest BCUT2D eigenvalue weighted by atomic mass is 9.87. The second-order valence-electron chi connectivity index (χ2n) is 8.25. The largest absolute Gasteiger partial charge is 0.489 e. The maximum absolute atomic E-state index is 12.0. The van der Waals surface area contributed by atoms with Gasteiger partial charge in [-0.2, -0.15) is 0 Å². The predicted octanol–water partition coefficient (Wildman–Crippen LogP) is 4.28. The van der Waals surface area contributed by atoms with Crippen molar-refractivity contribution in [1.29, 1.82) is 0 Å². The number of esters is 1. The fraction of sp³-hybridized carbons (Fsp3) is 0.400. The van der Waals surface area contributed by atoms with Gasteiger partial charge in [-0.05, 0) is 72.6 Å². The molecular formula is C25H29N3O3. The minimum absolute atomic E-state index is 0.206. The van der Waals surface area contributed by atoms with Crippen LogP contribution in [0.25, 0.3) is 0 Å². The first-order chi connectivity index (χ1) is 15.0. The standard InChI is InChI=1S/C25H29N3O3/c1-17-12-18(13-20-6-4-5-7-22(17)20)15-31-21-10-8-19(9-11-21)23(14-24(29)30-3)25-27-26-16-28(25)2/h8-13,16,23H,4-7,14-15H2,1-3H3. The molecule has 1 heterocycles. The van der Waals surface area contributed by atoms with Crippen molar-refractivity contribution in [1.82, 2.24) is 14.8 Å². The highest BCUT2D eigenvalue weighted by atomic mass is 16.5. The van der Waals surface area contributed by atoms with Crippen molar-refractivity contribution in [2.75, 3.05) is 7.11 Å². The summed E-state index contributed by atoms with van der Waals surface area (Å²) in [6.45, 7) is 2.75. The molecule has 1 unspecified atom stereocenters. The van der Waals surface area contributed by atoms with Crippen LogP contribution in [0.1, 0.15) is 58.8 Å². The van der Waals surface area contributed by atoms with E-state index in [0.29, 0.717) is 6.61 Å². The number of ether oxygens (including phenoxy) is 2. The van der Waals surface area contributed by atoms with Crippen LogP contribution in [-0.4, -0.2) is 27.8 Å². The van der Waals surface area contributed by atoms with Crippen LogP contribution in [0, 0.1) is 6.92 Å². The highest BCUT2D eigenvalue weighted by molar-refractivity contribution is 5.71. The molecule has 0 spiro atoms. The van der Waals surface area contributed by atoms with Crippen molar-refractivity contribution in [2.45, 2.75) is 51.6 Å². The lowest BCUT2D eigenvalue weighted by Crippen LogP contribution is -2.14. The van der Waals surface area contributed by atoms with Gasteiger partial charge in [0.1, 0.15) is 24.5 Å². The number of aryl methyl sites for hydroxylation is 3. The Hall–Kier alpha value is -3.15. The Labute approximate surface area is 183 Å². The minimum atomic E-state index is -0.281. The second-order valence-corrected chi connectivity index (χ2v) is 8.25. The third kappa shape index (κ3) is 4.79. The molecule has 3 aromatic rings. The van der Waals surface area contributed by atoms with Crippen molar-refractivity contribution in [3.8, 4) is 5.75 Å². The van der Waals surface area contributed by atoms with Crippen LogP contribution >= 0.6 is 0 Å². The molecule has 0 radical (unpaired) electrons. The van der Waals surface area contributed by atoms with E-state index in [4.69, 9.17) is 9.47 Å². The minimum Gasteiger partial charge on any atom is -0.489 e. The highest BCUT2D eigenvalue weighted by Crippen LogP contribution is 2.29. The molecule has 0 amide bonds. The molecule has 31 heavy (non-hydrogen) atoms. The van der Waals surface area contributed by atoms with Gasteiger partial charge in [0.05, 0.1) is 19.4 Å². The SMILES string of the molecule is COC(=O)CC(c1ccc(OCc2cc(C)c3c(c2)CCCC3)cc1)c1nncn1C. The summed E-state index contributed by atoms with van der Waals surface area (Å²) in [5.41, 5.74) is 6.57. The monoisotopic (exact) mass is 419 g/mol. The Bertz CT molecular complexity index is 1060. The summed E-state index contributed by atoms with van der Waals surface area (Å²) in [5, 5.41) is 8.15. The van der Waals surface area contributed by atoms with Crippen LogP contribution in [-0.2, 0) is 36.0 Å². The van der Waals surface area contributed by atoms with Crippen molar-refractivity contribution >= 4 is 5.97 Å². The fourth-order valence-electron chi connectivity index (χ4n) is 4.43. The van der Waals surface area contributed by atoms with Crippen molar-refractivity contribution in [3.05, 3.63) is 76.4 Å². The number of hydrogen-bond acceptors (Lipinski definition) is 5. The third-order valence-electron chi connectivity index (χ3n) is 6.09. The highest BCUT2D eigenvalue weighted by Gasteiger charge is 2.23. The van der Waals surface area contributed by atoms with Gasteiger partial charge in [-0.3, -0.25) is 4.79 Å². The molecule has 0 bridgehead atoms. The zero-order valence-corrected chi connectivity index (χ0v) is 18.4. The van der Waals surface area contributed by atoms with Crippen molar-refractivity contribution < 1.29 is 14.3 Å². The molecule has 6 heteroatoms. The zero-order chi connectivity index (χ0) is 21.8. The van der Waals surface area contributed by atoms with E-state index in [1.54, 1.807) is 6.33 Å². The Morgan fingerprint density at radius 2 is 1.94 bits per heavy atom. The second kappa shape index (κ2) is 9.33. The van der Waals surface area contributed by atoms with Crippen molar-refractivity contribution in [3.63, 3.8) is 0 Å².